The molecular weight excluding hydrogens is 866 g/mol. The number of halogens is 2. The SMILES string of the molecule is CC(C)C(=O)Nc1nc2c(ncn2[C@@H]2O[C@H](COP(O)(=S)O[C@H]3[C@@H](F)[C@H](n4cnc5c(NC(=O)c6ccccc6)ncnc54)O[C@@H]3COP(=O)(S)N=O)C[C@H]2F)c(=O)[nH]1. The quantitative estimate of drug-likeness (QED) is 0.0562. The van der Waals surface area contributed by atoms with Gasteiger partial charge in [0.15, 0.2) is 46.8 Å². The van der Waals surface area contributed by atoms with Crippen molar-refractivity contribution in [2.45, 2.75) is 63.4 Å². The van der Waals surface area contributed by atoms with Gasteiger partial charge in [-0.15, -0.1) is 4.91 Å². The van der Waals surface area contributed by atoms with Gasteiger partial charge in [-0.3, -0.25) is 47.4 Å². The van der Waals surface area contributed by atoms with Gasteiger partial charge in [-0.25, -0.2) is 28.7 Å². The van der Waals surface area contributed by atoms with Gasteiger partial charge in [0, 0.05) is 22.8 Å². The number of benzene rings is 1. The van der Waals surface area contributed by atoms with Crippen LogP contribution in [0, 0.1) is 10.8 Å². The maximum Gasteiger partial charge on any atom is 0.405 e. The number of thiol groups is 1. The van der Waals surface area contributed by atoms with E-state index in [9.17, 15) is 28.7 Å². The topological polar surface area (TPSA) is 278 Å². The number of rotatable bonds is 15. The molecule has 0 saturated carbocycles. The molecule has 0 aliphatic carbocycles. The first-order valence-electron chi connectivity index (χ1n) is 17.4. The average Bonchev–Trinajstić information content (AvgIpc) is 3.98. The van der Waals surface area contributed by atoms with Crippen LogP contribution in [-0.2, 0) is 44.2 Å². The van der Waals surface area contributed by atoms with E-state index in [0.29, 0.717) is 5.56 Å². The summed E-state index contributed by atoms with van der Waals surface area (Å²) < 4.78 is 74.2. The van der Waals surface area contributed by atoms with Crippen LogP contribution in [0.1, 0.15) is 43.1 Å². The minimum absolute atomic E-state index is 0.00107. The lowest BCUT2D eigenvalue weighted by molar-refractivity contribution is -0.118. The number of carbonyl (C=O) groups is 2. The third-order valence-electron chi connectivity index (χ3n) is 8.96. The standard InChI is InChI=1S/C31H33F2N11O11P2S2/c1-14(2)26(45)40-31-39-25-21(28(47)41-31)37-13-44(25)29-17(32)8-16(53-29)9-52-57(50,59)55-22-18(10-51-56(49,58)42-48)54-30(19(22)33)43-12-36-20-23(34-11-35-24(20)43)38-27(46)15-6-4-3-5-7-15/h3-7,11-14,16-19,22,29-30H,8-10H2,1-2H3,(H,49,58)(H,50,59)(H,34,35,38,46)(H2,39,40,41,45,47)/t16-,17+,18+,19+,22+,29+,30+,56?,57?/m0/s1. The van der Waals surface area contributed by atoms with E-state index in [2.05, 4.69) is 57.7 Å². The van der Waals surface area contributed by atoms with Gasteiger partial charge in [0.25, 0.3) is 11.5 Å². The fourth-order valence-electron chi connectivity index (χ4n) is 6.12. The molecule has 1 aromatic carbocycles. The number of carbonyl (C=O) groups excluding carboxylic acids is 2. The molecule has 2 amide bonds. The van der Waals surface area contributed by atoms with Crippen molar-refractivity contribution in [3.63, 3.8) is 0 Å². The number of fused-ring (bicyclic) bond motifs is 2. The Labute approximate surface area is 340 Å². The lowest BCUT2D eigenvalue weighted by Crippen LogP contribution is -2.34. The number of aromatic nitrogens is 8. The number of alkyl halides is 2. The zero-order valence-electron chi connectivity index (χ0n) is 30.5. The molecule has 2 aliphatic heterocycles. The van der Waals surface area contributed by atoms with Gasteiger partial charge in [-0.2, -0.15) is 4.98 Å². The van der Waals surface area contributed by atoms with Gasteiger partial charge in [-0.1, -0.05) is 44.3 Å². The van der Waals surface area contributed by atoms with Gasteiger partial charge in [-0.05, 0) is 23.9 Å². The summed E-state index contributed by atoms with van der Waals surface area (Å²) in [6.45, 7) is -6.89. The monoisotopic (exact) mass is 899 g/mol. The second kappa shape index (κ2) is 17.2. The summed E-state index contributed by atoms with van der Waals surface area (Å²) >= 11 is 8.78. The fourth-order valence-corrected chi connectivity index (χ4v) is 8.16. The first-order valence-corrected chi connectivity index (χ1v) is 22.7. The molecule has 22 nitrogen and oxygen atoms in total. The first kappa shape index (κ1) is 42.6. The number of nitrogens with one attached hydrogen (secondary N) is 3. The van der Waals surface area contributed by atoms with Crippen molar-refractivity contribution in [2.24, 2.45) is 10.9 Å². The van der Waals surface area contributed by atoms with Crippen LogP contribution in [0.15, 0.2) is 59.1 Å². The van der Waals surface area contributed by atoms with E-state index in [1.165, 1.54) is 4.57 Å². The molecule has 5 aromatic rings. The van der Waals surface area contributed by atoms with Crippen molar-refractivity contribution >= 4 is 83.4 Å². The van der Waals surface area contributed by atoms with Crippen LogP contribution in [0.2, 0.25) is 0 Å². The number of nitroso groups, excluding NO2 is 1. The molecule has 0 bridgehead atoms. The van der Waals surface area contributed by atoms with Crippen LogP contribution in [0.4, 0.5) is 20.5 Å². The van der Waals surface area contributed by atoms with Crippen LogP contribution in [-0.4, -0.2) is 99.6 Å². The third-order valence-corrected chi connectivity index (χ3v) is 11.8. The molecule has 6 heterocycles. The molecular formula is C31H33F2N11O11P2S2. The second-order valence-electron chi connectivity index (χ2n) is 13.4. The molecule has 314 valence electrons. The van der Waals surface area contributed by atoms with E-state index in [1.807, 2.05) is 0 Å². The molecule has 0 radical (unpaired) electrons. The first-order chi connectivity index (χ1) is 28.0. The third kappa shape index (κ3) is 9.31. The van der Waals surface area contributed by atoms with E-state index in [1.54, 1.807) is 44.2 Å². The molecule has 7 rings (SSSR count). The number of aromatic amines is 1. The number of hydrogen-bond donors (Lipinski definition) is 5. The van der Waals surface area contributed by atoms with Crippen LogP contribution >= 0.6 is 25.7 Å². The normalized spacial score (nSPS) is 25.2. The summed E-state index contributed by atoms with van der Waals surface area (Å²) in [7, 11) is 0. The second-order valence-corrected chi connectivity index (χ2v) is 19.1. The summed E-state index contributed by atoms with van der Waals surface area (Å²) in [5.74, 6) is -1.56. The average molecular weight is 900 g/mol. The summed E-state index contributed by atoms with van der Waals surface area (Å²) in [5.41, 5.74) is -0.553. The van der Waals surface area contributed by atoms with Crippen LogP contribution < -0.4 is 16.2 Å². The minimum Gasteiger partial charge on any atom is -0.349 e. The highest BCUT2D eigenvalue weighted by molar-refractivity contribution is 8.45. The van der Waals surface area contributed by atoms with Crippen molar-refractivity contribution in [1.82, 2.24) is 39.0 Å². The van der Waals surface area contributed by atoms with Crippen molar-refractivity contribution in [3.8, 4) is 0 Å². The largest absolute Gasteiger partial charge is 0.405 e. The van der Waals surface area contributed by atoms with E-state index in [-0.39, 0.29) is 40.5 Å². The lowest BCUT2D eigenvalue weighted by atomic mass is 10.1. The van der Waals surface area contributed by atoms with E-state index in [0.717, 1.165) is 23.5 Å². The Balaban J connectivity index is 1.06. The number of H-pyrrole nitrogens is 1. The highest BCUT2D eigenvalue weighted by Gasteiger charge is 2.51. The summed E-state index contributed by atoms with van der Waals surface area (Å²) in [6.07, 6.45) is -8.24. The number of amides is 2. The van der Waals surface area contributed by atoms with Gasteiger partial charge in [0.05, 0.1) is 32.0 Å². The van der Waals surface area contributed by atoms with E-state index >= 15 is 8.78 Å². The zero-order chi connectivity index (χ0) is 42.2. The molecule has 0 spiro atoms. The number of hydrogen-bond acceptors (Lipinski definition) is 16. The molecule has 9 atom stereocenters. The van der Waals surface area contributed by atoms with Crippen LogP contribution in [0.25, 0.3) is 22.3 Å². The van der Waals surface area contributed by atoms with Gasteiger partial charge < -0.3 is 24.2 Å². The summed E-state index contributed by atoms with van der Waals surface area (Å²) in [4.78, 5) is 85.2. The molecule has 28 heteroatoms. The van der Waals surface area contributed by atoms with Gasteiger partial charge >= 0.3 is 13.4 Å². The zero-order valence-corrected chi connectivity index (χ0v) is 34.0. The summed E-state index contributed by atoms with van der Waals surface area (Å²) in [6, 6.07) is 8.24. The number of imidazole rings is 2. The highest BCUT2D eigenvalue weighted by atomic mass is 32.7. The fraction of sp³-hybridized carbons (Fsp3) is 0.419. The molecule has 2 saturated heterocycles. The minimum atomic E-state index is -4.45. The number of nitrogens with zero attached hydrogens (tertiary/aromatic N) is 8. The van der Waals surface area contributed by atoms with Crippen LogP contribution in [0.3, 0.4) is 0 Å². The molecule has 4 aromatic heterocycles. The van der Waals surface area contributed by atoms with Crippen LogP contribution in [0.5, 0.6) is 0 Å². The predicted octanol–water partition coefficient (Wildman–Crippen LogP) is 4.11. The van der Waals surface area contributed by atoms with E-state index in [4.69, 9.17) is 34.9 Å². The number of ether oxygens (including phenoxy) is 2. The Bertz CT molecular complexity index is 2550. The Morgan fingerprint density at radius 2 is 1.76 bits per heavy atom. The van der Waals surface area contributed by atoms with Crippen molar-refractivity contribution in [1.29, 1.82) is 0 Å². The Kier molecular flexibility index (Phi) is 12.5. The predicted molar refractivity (Wildman–Crippen MR) is 209 cm³/mol. The molecule has 4 N–H and O–H groups in total. The highest BCUT2D eigenvalue weighted by Crippen LogP contribution is 2.55. The van der Waals surface area contributed by atoms with Crippen molar-refractivity contribution in [3.05, 3.63) is 70.1 Å². The maximum atomic E-state index is 16.5. The summed E-state index contributed by atoms with van der Waals surface area (Å²) in [5, 5.41) is 5.10. The Hall–Kier alpha value is -4.49. The molecule has 2 unspecified atom stereocenters. The van der Waals surface area contributed by atoms with Gasteiger partial charge in [0.1, 0.15) is 24.7 Å². The van der Waals surface area contributed by atoms with Crippen molar-refractivity contribution in [2.75, 3.05) is 23.8 Å². The molecule has 2 fully saturated rings. The number of anilines is 2. The Morgan fingerprint density at radius 1 is 1.05 bits per heavy atom. The van der Waals surface area contributed by atoms with E-state index < -0.39 is 93.1 Å². The van der Waals surface area contributed by atoms with Crippen molar-refractivity contribution < 1.29 is 50.9 Å². The molecule has 2 aliphatic rings. The van der Waals surface area contributed by atoms with Gasteiger partial charge in [0.2, 0.25) is 11.9 Å². The Morgan fingerprint density at radius 3 is 2.47 bits per heavy atom. The lowest BCUT2D eigenvalue weighted by Gasteiger charge is -2.25. The molecule has 59 heavy (non-hydrogen) atoms. The maximum absolute atomic E-state index is 16.5. The smallest absolute Gasteiger partial charge is 0.349 e.